The molecule has 23 heavy (non-hydrogen) atoms. The van der Waals surface area contributed by atoms with Crippen molar-refractivity contribution in [1.29, 1.82) is 0 Å². The summed E-state index contributed by atoms with van der Waals surface area (Å²) < 4.78 is 32.9. The molecule has 3 rings (SSSR count). The predicted molar refractivity (Wildman–Crippen MR) is 91.9 cm³/mol. The van der Waals surface area contributed by atoms with E-state index >= 15 is 0 Å². The normalized spacial score (nSPS) is 27.9. The monoisotopic (exact) mass is 337 g/mol. The molecule has 128 valence electrons. The van der Waals surface area contributed by atoms with E-state index in [2.05, 4.69) is 31.2 Å². The van der Waals surface area contributed by atoms with Gasteiger partial charge in [-0.1, -0.05) is 43.7 Å². The molecule has 2 fully saturated rings. The van der Waals surface area contributed by atoms with E-state index in [-0.39, 0.29) is 5.25 Å². The summed E-state index contributed by atoms with van der Waals surface area (Å²) >= 11 is 0. The summed E-state index contributed by atoms with van der Waals surface area (Å²) in [7, 11) is -3.18. The highest BCUT2D eigenvalue weighted by Gasteiger charge is 2.38. The van der Waals surface area contributed by atoms with E-state index in [0.717, 1.165) is 12.8 Å². The molecule has 2 saturated heterocycles. The Labute approximate surface area is 139 Å². The van der Waals surface area contributed by atoms with Crippen LogP contribution < -0.4 is 0 Å². The summed E-state index contributed by atoms with van der Waals surface area (Å²) in [6.45, 7) is 4.62. The zero-order chi connectivity index (χ0) is 16.3. The summed E-state index contributed by atoms with van der Waals surface area (Å²) in [5.74, 6) is 0.878. The highest BCUT2D eigenvalue weighted by atomic mass is 32.2. The lowest BCUT2D eigenvalue weighted by Gasteiger charge is -2.39. The molecular formula is C18H27NO3S. The van der Waals surface area contributed by atoms with Crippen molar-refractivity contribution in [2.24, 2.45) is 5.92 Å². The van der Waals surface area contributed by atoms with Crippen molar-refractivity contribution in [3.05, 3.63) is 35.9 Å². The van der Waals surface area contributed by atoms with E-state index in [0.29, 0.717) is 51.0 Å². The van der Waals surface area contributed by atoms with Crippen LogP contribution in [0.3, 0.4) is 0 Å². The summed E-state index contributed by atoms with van der Waals surface area (Å²) in [5, 5.41) is -0.248. The van der Waals surface area contributed by atoms with Crippen LogP contribution in [0, 0.1) is 5.92 Å². The Bertz CT molecular complexity index is 596. The molecule has 2 aliphatic heterocycles. The second kappa shape index (κ2) is 7.32. The zero-order valence-corrected chi connectivity index (χ0v) is 14.7. The number of piperidine rings is 1. The quantitative estimate of drug-likeness (QED) is 0.848. The number of benzene rings is 1. The molecular weight excluding hydrogens is 310 g/mol. The van der Waals surface area contributed by atoms with E-state index in [1.807, 2.05) is 6.07 Å². The first kappa shape index (κ1) is 16.9. The van der Waals surface area contributed by atoms with Gasteiger partial charge in [0, 0.05) is 26.3 Å². The van der Waals surface area contributed by atoms with Crippen LogP contribution in [0.4, 0.5) is 0 Å². The van der Waals surface area contributed by atoms with E-state index < -0.39 is 10.0 Å². The van der Waals surface area contributed by atoms with Crippen LogP contribution >= 0.6 is 0 Å². The Morgan fingerprint density at radius 2 is 1.83 bits per heavy atom. The number of ether oxygens (including phenoxy) is 1. The highest BCUT2D eigenvalue weighted by Crippen LogP contribution is 2.36. The van der Waals surface area contributed by atoms with E-state index in [9.17, 15) is 8.42 Å². The zero-order valence-electron chi connectivity index (χ0n) is 13.9. The van der Waals surface area contributed by atoms with Crippen LogP contribution in [0.5, 0.6) is 0 Å². The average Bonchev–Trinajstić information content (AvgIpc) is 2.62. The number of nitrogens with zero attached hydrogens (tertiary/aromatic N) is 1. The summed E-state index contributed by atoms with van der Waals surface area (Å²) in [6.07, 6.45) is 3.21. The molecule has 2 atom stereocenters. The lowest BCUT2D eigenvalue weighted by molar-refractivity contribution is 0.0964. The van der Waals surface area contributed by atoms with E-state index in [1.165, 1.54) is 5.56 Å². The minimum absolute atomic E-state index is 0.248. The van der Waals surface area contributed by atoms with Crippen LogP contribution in [0.1, 0.15) is 44.1 Å². The van der Waals surface area contributed by atoms with E-state index in [4.69, 9.17) is 4.74 Å². The van der Waals surface area contributed by atoms with Crippen LogP contribution in [-0.2, 0) is 14.8 Å². The predicted octanol–water partition coefficient (Wildman–Crippen LogP) is 3.01. The van der Waals surface area contributed by atoms with Gasteiger partial charge in [0.05, 0.1) is 5.25 Å². The maximum atomic E-state index is 12.9. The van der Waals surface area contributed by atoms with Gasteiger partial charge in [-0.15, -0.1) is 0 Å². The second-order valence-corrected chi connectivity index (χ2v) is 8.90. The highest BCUT2D eigenvalue weighted by molar-refractivity contribution is 7.89. The third-order valence-electron chi connectivity index (χ3n) is 5.40. The maximum Gasteiger partial charge on any atom is 0.217 e. The van der Waals surface area contributed by atoms with Crippen molar-refractivity contribution in [2.75, 3.05) is 26.3 Å². The number of sulfonamides is 1. The standard InChI is InChI=1S/C18H27NO3S/c1-2-15-14-19(23(20,21)17-9-12-22-13-10-17)11-8-18(15)16-6-4-3-5-7-16/h3-7,15,17-18H,2,8-14H2,1H3/t15-,18+/m1/s1. The van der Waals surface area contributed by atoms with Gasteiger partial charge in [0.1, 0.15) is 0 Å². The first-order valence-electron chi connectivity index (χ1n) is 8.74. The maximum absolute atomic E-state index is 12.9. The van der Waals surface area contributed by atoms with Crippen molar-refractivity contribution in [3.63, 3.8) is 0 Å². The summed E-state index contributed by atoms with van der Waals surface area (Å²) in [4.78, 5) is 0. The van der Waals surface area contributed by atoms with Gasteiger partial charge in [0.2, 0.25) is 10.0 Å². The molecule has 1 aromatic rings. The first-order chi connectivity index (χ1) is 11.1. The van der Waals surface area contributed by atoms with Gasteiger partial charge >= 0.3 is 0 Å². The molecule has 0 aliphatic carbocycles. The first-order valence-corrected chi connectivity index (χ1v) is 10.2. The number of rotatable bonds is 4. The minimum Gasteiger partial charge on any atom is -0.381 e. The van der Waals surface area contributed by atoms with Crippen molar-refractivity contribution in [2.45, 2.75) is 43.8 Å². The molecule has 2 heterocycles. The second-order valence-electron chi connectivity index (χ2n) is 6.69. The Balaban J connectivity index is 1.73. The van der Waals surface area contributed by atoms with Gasteiger partial charge in [-0.25, -0.2) is 12.7 Å². The smallest absolute Gasteiger partial charge is 0.217 e. The van der Waals surface area contributed by atoms with Gasteiger partial charge in [-0.05, 0) is 36.7 Å². The number of hydrogen-bond acceptors (Lipinski definition) is 3. The van der Waals surface area contributed by atoms with Crippen molar-refractivity contribution in [3.8, 4) is 0 Å². The molecule has 0 aromatic heterocycles. The Morgan fingerprint density at radius 3 is 2.48 bits per heavy atom. The molecule has 4 nitrogen and oxygen atoms in total. The third kappa shape index (κ3) is 3.62. The van der Waals surface area contributed by atoms with Crippen molar-refractivity contribution in [1.82, 2.24) is 4.31 Å². The van der Waals surface area contributed by atoms with Crippen LogP contribution in [-0.4, -0.2) is 44.3 Å². The van der Waals surface area contributed by atoms with Gasteiger partial charge in [-0.3, -0.25) is 0 Å². The molecule has 0 radical (unpaired) electrons. The van der Waals surface area contributed by atoms with Crippen molar-refractivity contribution < 1.29 is 13.2 Å². The molecule has 0 N–H and O–H groups in total. The Kier molecular flexibility index (Phi) is 5.39. The molecule has 5 heteroatoms. The lowest BCUT2D eigenvalue weighted by Crippen LogP contribution is -2.47. The van der Waals surface area contributed by atoms with Gasteiger partial charge in [-0.2, -0.15) is 0 Å². The molecule has 0 unspecified atom stereocenters. The summed E-state index contributed by atoms with van der Waals surface area (Å²) in [6, 6.07) is 10.5. The fourth-order valence-electron chi connectivity index (χ4n) is 3.97. The van der Waals surface area contributed by atoms with Crippen LogP contribution in [0.2, 0.25) is 0 Å². The molecule has 0 saturated carbocycles. The number of hydrogen-bond donors (Lipinski definition) is 0. The van der Waals surface area contributed by atoms with Gasteiger partial charge in [0.25, 0.3) is 0 Å². The fourth-order valence-corrected chi connectivity index (χ4v) is 5.94. The topological polar surface area (TPSA) is 46.6 Å². The molecule has 1 aromatic carbocycles. The third-order valence-corrected chi connectivity index (χ3v) is 7.76. The average molecular weight is 337 g/mol. The Morgan fingerprint density at radius 1 is 1.13 bits per heavy atom. The minimum atomic E-state index is -3.18. The largest absolute Gasteiger partial charge is 0.381 e. The molecule has 2 aliphatic rings. The lowest BCUT2D eigenvalue weighted by atomic mass is 9.80. The SMILES string of the molecule is CC[C@@H]1CN(S(=O)(=O)C2CCOCC2)CC[C@@H]1c1ccccc1. The molecule has 0 bridgehead atoms. The van der Waals surface area contributed by atoms with Gasteiger partial charge in [0.15, 0.2) is 0 Å². The Hall–Kier alpha value is -0.910. The summed E-state index contributed by atoms with van der Waals surface area (Å²) in [5.41, 5.74) is 1.35. The van der Waals surface area contributed by atoms with Crippen LogP contribution in [0.25, 0.3) is 0 Å². The van der Waals surface area contributed by atoms with Crippen molar-refractivity contribution >= 4 is 10.0 Å². The van der Waals surface area contributed by atoms with Crippen LogP contribution in [0.15, 0.2) is 30.3 Å². The molecule has 0 spiro atoms. The van der Waals surface area contributed by atoms with Gasteiger partial charge < -0.3 is 4.74 Å². The molecule has 0 amide bonds. The van der Waals surface area contributed by atoms with E-state index in [1.54, 1.807) is 4.31 Å². The fraction of sp³-hybridized carbons (Fsp3) is 0.667.